The molecule has 2 nitrogen and oxygen atoms in total. The van der Waals surface area contributed by atoms with Crippen LogP contribution in [-0.4, -0.2) is 5.24 Å². The number of anilines is 2. The zero-order valence-electron chi connectivity index (χ0n) is 14.7. The lowest BCUT2D eigenvalue weighted by atomic mass is 10.0. The van der Waals surface area contributed by atoms with Crippen LogP contribution in [-0.2, 0) is 12.8 Å². The fraction of sp³-hybridized carbons (Fsp3) is 0.381. The molecule has 0 unspecified atom stereocenters. The molecule has 0 radical (unpaired) electrons. The van der Waals surface area contributed by atoms with Gasteiger partial charge in [0.05, 0.1) is 11.4 Å². The number of hydrogen-bond acceptors (Lipinski definition) is 1. The number of aryl methyl sites for hydroxylation is 2. The second-order valence-electron chi connectivity index (χ2n) is 6.08. The predicted octanol–water partition coefficient (Wildman–Crippen LogP) is 6.56. The molecular weight excluding hydrogens is 314 g/mol. The van der Waals surface area contributed by atoms with Crippen LogP contribution in [0.2, 0.25) is 0 Å². The van der Waals surface area contributed by atoms with Gasteiger partial charge in [0, 0.05) is 0 Å². The van der Waals surface area contributed by atoms with E-state index in [0.29, 0.717) is 0 Å². The Kier molecular flexibility index (Phi) is 7.38. The summed E-state index contributed by atoms with van der Waals surface area (Å²) in [6, 6.07) is 16.3. The van der Waals surface area contributed by atoms with Crippen LogP contribution < -0.4 is 4.90 Å². The molecule has 1 amide bonds. The summed E-state index contributed by atoms with van der Waals surface area (Å²) in [5.74, 6) is 0. The molecule has 0 aliphatic carbocycles. The second kappa shape index (κ2) is 9.53. The van der Waals surface area contributed by atoms with Crippen LogP contribution in [0.1, 0.15) is 50.7 Å². The largest absolute Gasteiger partial charge is 0.287 e. The van der Waals surface area contributed by atoms with Crippen molar-refractivity contribution in [2.24, 2.45) is 0 Å². The highest BCUT2D eigenvalue weighted by Gasteiger charge is 2.20. The zero-order valence-corrected chi connectivity index (χ0v) is 15.6. The number of amides is 1. The molecule has 0 fully saturated rings. The van der Waals surface area contributed by atoms with Crippen molar-refractivity contribution in [2.45, 2.75) is 52.4 Å². The molecule has 0 atom stereocenters. The van der Waals surface area contributed by atoms with Gasteiger partial charge in [-0.25, -0.2) is 0 Å². The molecule has 0 spiro atoms. The fourth-order valence-corrected chi connectivity index (χ4v) is 3.17. The first-order chi connectivity index (χ1) is 11.7. The third kappa shape index (κ3) is 4.64. The van der Waals surface area contributed by atoms with Gasteiger partial charge < -0.3 is 0 Å². The summed E-state index contributed by atoms with van der Waals surface area (Å²) in [6.07, 6.45) is 6.45. The van der Waals surface area contributed by atoms with Gasteiger partial charge in [0.25, 0.3) is 5.24 Å². The fourth-order valence-electron chi connectivity index (χ4n) is 2.95. The van der Waals surface area contributed by atoms with E-state index in [2.05, 4.69) is 38.6 Å². The first-order valence-corrected chi connectivity index (χ1v) is 9.32. The number of nitrogens with zero attached hydrogens (tertiary/aromatic N) is 1. The van der Waals surface area contributed by atoms with Gasteiger partial charge in [0.2, 0.25) is 0 Å². The lowest BCUT2D eigenvalue weighted by Crippen LogP contribution is -2.22. The zero-order chi connectivity index (χ0) is 17.4. The highest BCUT2D eigenvalue weighted by atomic mass is 32.1. The van der Waals surface area contributed by atoms with Gasteiger partial charge in [-0.05, 0) is 48.9 Å². The van der Waals surface area contributed by atoms with E-state index in [1.807, 2.05) is 36.4 Å². The number of benzene rings is 2. The molecule has 0 aliphatic rings. The molecule has 2 aromatic carbocycles. The number of carbonyl (C=O) groups excluding carboxylic acids is 1. The Morgan fingerprint density at radius 2 is 1.25 bits per heavy atom. The molecule has 2 aromatic rings. The molecular formula is C21H27NOS. The molecule has 0 aromatic heterocycles. The number of unbranched alkanes of at least 4 members (excludes halogenated alkanes) is 2. The summed E-state index contributed by atoms with van der Waals surface area (Å²) >= 11 is 4.18. The molecule has 2 rings (SSSR count). The number of para-hydroxylation sites is 2. The molecule has 3 heteroatoms. The second-order valence-corrected chi connectivity index (χ2v) is 6.47. The van der Waals surface area contributed by atoms with E-state index in [4.69, 9.17) is 0 Å². The Hall–Kier alpha value is -1.74. The average Bonchev–Trinajstić information content (AvgIpc) is 2.60. The van der Waals surface area contributed by atoms with Crippen LogP contribution in [0.15, 0.2) is 48.5 Å². The summed E-state index contributed by atoms with van der Waals surface area (Å²) in [5, 5.41) is -0.233. The van der Waals surface area contributed by atoms with E-state index in [1.54, 1.807) is 4.90 Å². The lowest BCUT2D eigenvalue weighted by molar-refractivity contribution is 0.267. The van der Waals surface area contributed by atoms with Crippen LogP contribution >= 0.6 is 12.6 Å². The van der Waals surface area contributed by atoms with Crippen LogP contribution in [0.3, 0.4) is 0 Å². The summed E-state index contributed by atoms with van der Waals surface area (Å²) in [4.78, 5) is 14.1. The van der Waals surface area contributed by atoms with Crippen LogP contribution in [0.4, 0.5) is 16.2 Å². The number of thiol groups is 1. The maximum absolute atomic E-state index is 12.4. The van der Waals surface area contributed by atoms with Gasteiger partial charge in [-0.2, -0.15) is 0 Å². The summed E-state index contributed by atoms with van der Waals surface area (Å²) in [6.45, 7) is 4.37. The highest BCUT2D eigenvalue weighted by Crippen LogP contribution is 2.33. The molecule has 24 heavy (non-hydrogen) atoms. The molecule has 0 bridgehead atoms. The number of rotatable bonds is 8. The van der Waals surface area contributed by atoms with E-state index in [9.17, 15) is 4.79 Å². The quantitative estimate of drug-likeness (QED) is 0.539. The van der Waals surface area contributed by atoms with E-state index < -0.39 is 0 Å². The molecule has 128 valence electrons. The lowest BCUT2D eigenvalue weighted by Gasteiger charge is -2.26. The van der Waals surface area contributed by atoms with E-state index in [-0.39, 0.29) is 5.24 Å². The minimum atomic E-state index is -0.233. The first kappa shape index (κ1) is 18.6. The van der Waals surface area contributed by atoms with E-state index in [0.717, 1.165) is 49.9 Å². The molecule has 0 saturated carbocycles. The summed E-state index contributed by atoms with van der Waals surface area (Å²) in [5.41, 5.74) is 4.31. The summed E-state index contributed by atoms with van der Waals surface area (Å²) < 4.78 is 0. The molecule has 0 aliphatic heterocycles. The van der Waals surface area contributed by atoms with Crippen molar-refractivity contribution in [3.8, 4) is 0 Å². The Morgan fingerprint density at radius 3 is 1.62 bits per heavy atom. The highest BCUT2D eigenvalue weighted by molar-refractivity contribution is 7.97. The Balaban J connectivity index is 2.46. The minimum absolute atomic E-state index is 0.233. The number of carbonyl (C=O) groups is 1. The molecule has 0 saturated heterocycles. The van der Waals surface area contributed by atoms with Crippen molar-refractivity contribution in [1.29, 1.82) is 0 Å². The normalized spacial score (nSPS) is 10.6. The monoisotopic (exact) mass is 341 g/mol. The standard InChI is InChI=1S/C21H27NOS/c1-3-5-11-17-13-7-9-15-19(17)22(21(23)24)20-16-10-8-14-18(20)12-6-4-2/h7-10,13-16H,3-6,11-12H2,1-2H3,(H,23,24). The van der Waals surface area contributed by atoms with Crippen molar-refractivity contribution in [3.63, 3.8) is 0 Å². The van der Waals surface area contributed by atoms with Crippen molar-refractivity contribution in [1.82, 2.24) is 0 Å². The predicted molar refractivity (Wildman–Crippen MR) is 107 cm³/mol. The minimum Gasteiger partial charge on any atom is -0.272 e. The third-order valence-electron chi connectivity index (χ3n) is 4.26. The topological polar surface area (TPSA) is 20.3 Å². The van der Waals surface area contributed by atoms with Crippen LogP contribution in [0.25, 0.3) is 0 Å². The van der Waals surface area contributed by atoms with Gasteiger partial charge in [-0.3, -0.25) is 9.69 Å². The van der Waals surface area contributed by atoms with Crippen molar-refractivity contribution < 1.29 is 4.79 Å². The van der Waals surface area contributed by atoms with Crippen LogP contribution in [0, 0.1) is 0 Å². The average molecular weight is 342 g/mol. The van der Waals surface area contributed by atoms with Gasteiger partial charge in [0.15, 0.2) is 0 Å². The van der Waals surface area contributed by atoms with E-state index in [1.165, 1.54) is 11.1 Å². The Morgan fingerprint density at radius 1 is 0.833 bits per heavy atom. The molecule has 0 N–H and O–H groups in total. The third-order valence-corrected chi connectivity index (χ3v) is 4.46. The van der Waals surface area contributed by atoms with Crippen LogP contribution in [0.5, 0.6) is 0 Å². The van der Waals surface area contributed by atoms with Gasteiger partial charge in [-0.15, -0.1) is 0 Å². The van der Waals surface area contributed by atoms with Gasteiger partial charge in [0.1, 0.15) is 0 Å². The molecule has 0 heterocycles. The SMILES string of the molecule is CCCCc1ccccc1N(C(=O)S)c1ccccc1CCCC. The Labute approximate surface area is 151 Å². The Bertz CT molecular complexity index is 617. The maximum atomic E-state index is 12.4. The number of hydrogen-bond donors (Lipinski definition) is 1. The smallest absolute Gasteiger partial charge is 0.272 e. The van der Waals surface area contributed by atoms with Crippen molar-refractivity contribution in [2.75, 3.05) is 4.90 Å². The summed E-state index contributed by atoms with van der Waals surface area (Å²) in [7, 11) is 0. The maximum Gasteiger partial charge on any atom is 0.287 e. The van der Waals surface area contributed by atoms with E-state index >= 15 is 0 Å². The first-order valence-electron chi connectivity index (χ1n) is 8.87. The van der Waals surface area contributed by atoms with Gasteiger partial charge >= 0.3 is 0 Å². The van der Waals surface area contributed by atoms with Crippen molar-refractivity contribution in [3.05, 3.63) is 59.7 Å². The van der Waals surface area contributed by atoms with Gasteiger partial charge in [-0.1, -0.05) is 75.7 Å². The van der Waals surface area contributed by atoms with Crippen molar-refractivity contribution >= 4 is 29.2 Å².